The molecule has 0 amide bonds. The molecule has 0 saturated carbocycles. The van der Waals surface area contributed by atoms with Crippen LogP contribution in [0.3, 0.4) is 0 Å². The fourth-order valence-electron chi connectivity index (χ4n) is 3.85. The summed E-state index contributed by atoms with van der Waals surface area (Å²) in [7, 11) is 0. The number of anilines is 2. The highest BCUT2D eigenvalue weighted by atomic mass is 19.4. The van der Waals surface area contributed by atoms with E-state index in [0.29, 0.717) is 32.1 Å². The normalized spacial score (nSPS) is 11.5. The number of para-hydroxylation sites is 1. The van der Waals surface area contributed by atoms with Crippen molar-refractivity contribution < 1.29 is 36.9 Å². The summed E-state index contributed by atoms with van der Waals surface area (Å²) in [4.78, 5) is 12.5. The predicted octanol–water partition coefficient (Wildman–Crippen LogP) is 7.80. The number of rotatable bonds is 21. The number of carbonyl (C=O) groups is 1. The first-order valence-corrected chi connectivity index (χ1v) is 13.9. The second-order valence-corrected chi connectivity index (χ2v) is 9.20. The molecule has 0 aromatic heterocycles. The van der Waals surface area contributed by atoms with Crippen molar-refractivity contribution in [3.8, 4) is 0 Å². The van der Waals surface area contributed by atoms with Gasteiger partial charge in [0.2, 0.25) is 0 Å². The Kier molecular flexibility index (Phi) is 16.2. The Labute approximate surface area is 230 Å². The van der Waals surface area contributed by atoms with Crippen molar-refractivity contribution in [2.75, 3.05) is 51.6 Å². The minimum absolute atomic E-state index is 0.0401. The lowest BCUT2D eigenvalue weighted by Gasteiger charge is -2.13. The average Bonchev–Trinajstić information content (AvgIpc) is 2.92. The lowest BCUT2D eigenvalue weighted by molar-refractivity contribution is -0.137. The van der Waals surface area contributed by atoms with E-state index in [1.54, 1.807) is 24.3 Å². The Morgan fingerprint density at radius 2 is 1.31 bits per heavy atom. The zero-order chi connectivity index (χ0) is 28.2. The van der Waals surface area contributed by atoms with Crippen LogP contribution >= 0.6 is 0 Å². The molecule has 2 rings (SSSR count). The van der Waals surface area contributed by atoms with E-state index in [-0.39, 0.29) is 24.5 Å². The van der Waals surface area contributed by atoms with Gasteiger partial charge in [0.15, 0.2) is 0 Å². The number of esters is 1. The zero-order valence-corrected chi connectivity index (χ0v) is 22.9. The number of carbonyl (C=O) groups excluding carboxylic acids is 1. The van der Waals surface area contributed by atoms with E-state index in [0.717, 1.165) is 25.2 Å². The molecule has 0 fully saturated rings. The summed E-state index contributed by atoms with van der Waals surface area (Å²) < 4.78 is 60.7. The van der Waals surface area contributed by atoms with Crippen LogP contribution in [0.2, 0.25) is 0 Å². The predicted molar refractivity (Wildman–Crippen MR) is 147 cm³/mol. The zero-order valence-electron chi connectivity index (χ0n) is 22.9. The van der Waals surface area contributed by atoms with Crippen LogP contribution in [0.25, 0.3) is 0 Å². The number of unbranched alkanes of at least 4 members (excludes halogenated alkanes) is 7. The van der Waals surface area contributed by atoms with E-state index in [9.17, 15) is 18.0 Å². The van der Waals surface area contributed by atoms with Gasteiger partial charge in [-0.25, -0.2) is 4.79 Å². The van der Waals surface area contributed by atoms with Gasteiger partial charge in [-0.1, -0.05) is 70.1 Å². The Morgan fingerprint density at radius 3 is 1.97 bits per heavy atom. The molecule has 39 heavy (non-hydrogen) atoms. The molecule has 6 nitrogen and oxygen atoms in total. The third-order valence-electron chi connectivity index (χ3n) is 5.96. The summed E-state index contributed by atoms with van der Waals surface area (Å²) in [5.41, 5.74) is -0.00187. The molecule has 0 spiro atoms. The molecule has 0 atom stereocenters. The minimum atomic E-state index is -4.46. The van der Waals surface area contributed by atoms with Crippen molar-refractivity contribution in [3.05, 3.63) is 59.7 Å². The molecule has 0 aliphatic heterocycles. The summed E-state index contributed by atoms with van der Waals surface area (Å²) in [5, 5.41) is 2.87. The van der Waals surface area contributed by atoms with E-state index in [2.05, 4.69) is 12.2 Å². The van der Waals surface area contributed by atoms with Gasteiger partial charge in [-0.3, -0.25) is 0 Å². The molecule has 2 aromatic carbocycles. The molecule has 9 heteroatoms. The average molecular weight is 554 g/mol. The first-order chi connectivity index (χ1) is 18.9. The van der Waals surface area contributed by atoms with Crippen molar-refractivity contribution in [3.63, 3.8) is 0 Å². The maximum atomic E-state index is 13.0. The second kappa shape index (κ2) is 19.4. The highest BCUT2D eigenvalue weighted by Gasteiger charge is 2.30. The molecule has 0 aliphatic carbocycles. The number of ether oxygens (including phenoxy) is 4. The number of halogens is 3. The maximum absolute atomic E-state index is 13.0. The summed E-state index contributed by atoms with van der Waals surface area (Å²) in [5.74, 6) is -0.599. The lowest BCUT2D eigenvalue weighted by atomic mass is 10.1. The number of nitrogens with one attached hydrogen (secondary N) is 1. The van der Waals surface area contributed by atoms with E-state index >= 15 is 0 Å². The van der Waals surface area contributed by atoms with Gasteiger partial charge < -0.3 is 24.3 Å². The monoisotopic (exact) mass is 553 g/mol. The van der Waals surface area contributed by atoms with Gasteiger partial charge in [0.1, 0.15) is 6.61 Å². The van der Waals surface area contributed by atoms with E-state index in [4.69, 9.17) is 18.9 Å². The van der Waals surface area contributed by atoms with E-state index in [1.807, 2.05) is 0 Å². The lowest BCUT2D eigenvalue weighted by Crippen LogP contribution is -2.15. The van der Waals surface area contributed by atoms with Crippen LogP contribution in [0.5, 0.6) is 0 Å². The van der Waals surface area contributed by atoms with Crippen LogP contribution < -0.4 is 5.32 Å². The fourth-order valence-corrected chi connectivity index (χ4v) is 3.85. The molecule has 0 radical (unpaired) electrons. The summed E-state index contributed by atoms with van der Waals surface area (Å²) in [6.45, 7) is 5.08. The van der Waals surface area contributed by atoms with Crippen molar-refractivity contribution in [2.24, 2.45) is 0 Å². The second-order valence-electron chi connectivity index (χ2n) is 9.20. The topological polar surface area (TPSA) is 66.0 Å². The van der Waals surface area contributed by atoms with Crippen LogP contribution in [0.4, 0.5) is 24.5 Å². The van der Waals surface area contributed by atoms with Gasteiger partial charge in [-0.15, -0.1) is 0 Å². The maximum Gasteiger partial charge on any atom is 0.416 e. The Balaban J connectivity index is 1.52. The first-order valence-electron chi connectivity index (χ1n) is 13.9. The summed E-state index contributed by atoms with van der Waals surface area (Å²) in [6.07, 6.45) is 5.74. The van der Waals surface area contributed by atoms with Crippen molar-refractivity contribution in [1.82, 2.24) is 0 Å². The van der Waals surface area contributed by atoms with Gasteiger partial charge in [0.05, 0.1) is 49.8 Å². The minimum Gasteiger partial charge on any atom is -0.460 e. The van der Waals surface area contributed by atoms with Crippen LogP contribution in [-0.4, -0.2) is 52.2 Å². The third-order valence-corrected chi connectivity index (χ3v) is 5.96. The molecule has 0 saturated heterocycles. The van der Waals surface area contributed by atoms with Crippen molar-refractivity contribution in [1.29, 1.82) is 0 Å². The molecule has 218 valence electrons. The Hall–Kier alpha value is -2.62. The molecular formula is C30H42F3NO5. The standard InChI is InChI=1S/C30H42F3NO5/c1-2-3-4-5-6-7-8-11-17-36-18-19-37-20-21-38-22-23-39-29(35)27-15-9-10-16-28(27)34-26-14-12-13-25(24-26)30(31,32)33/h9-10,12-16,24,34H,2-8,11,17-23H2,1H3. The highest BCUT2D eigenvalue weighted by Crippen LogP contribution is 2.32. The third kappa shape index (κ3) is 14.4. The SMILES string of the molecule is CCCCCCCCCCOCCOCCOCCOC(=O)c1ccccc1Nc1cccc(C(F)(F)F)c1. The van der Waals surface area contributed by atoms with Gasteiger partial charge in [-0.05, 0) is 36.8 Å². The van der Waals surface area contributed by atoms with E-state index < -0.39 is 17.7 Å². The molecular weight excluding hydrogens is 511 g/mol. The number of hydrogen-bond donors (Lipinski definition) is 1. The van der Waals surface area contributed by atoms with Crippen LogP contribution in [-0.2, 0) is 25.1 Å². The van der Waals surface area contributed by atoms with Crippen LogP contribution in [0.1, 0.15) is 74.2 Å². The summed E-state index contributed by atoms with van der Waals surface area (Å²) >= 11 is 0. The quantitative estimate of drug-likeness (QED) is 0.126. The van der Waals surface area contributed by atoms with E-state index in [1.165, 1.54) is 57.1 Å². The molecule has 0 heterocycles. The van der Waals surface area contributed by atoms with Gasteiger partial charge in [-0.2, -0.15) is 13.2 Å². The van der Waals surface area contributed by atoms with Crippen LogP contribution in [0, 0.1) is 0 Å². The Bertz CT molecular complexity index is 939. The number of hydrogen-bond acceptors (Lipinski definition) is 6. The molecule has 0 unspecified atom stereocenters. The van der Waals surface area contributed by atoms with Gasteiger partial charge in [0, 0.05) is 12.3 Å². The fraction of sp³-hybridized carbons (Fsp3) is 0.567. The van der Waals surface area contributed by atoms with Crippen molar-refractivity contribution in [2.45, 2.75) is 64.5 Å². The highest BCUT2D eigenvalue weighted by molar-refractivity contribution is 5.96. The molecule has 0 bridgehead atoms. The molecule has 0 aliphatic rings. The summed E-state index contributed by atoms with van der Waals surface area (Å²) in [6, 6.07) is 11.3. The van der Waals surface area contributed by atoms with Gasteiger partial charge >= 0.3 is 12.1 Å². The largest absolute Gasteiger partial charge is 0.460 e. The van der Waals surface area contributed by atoms with Crippen LogP contribution in [0.15, 0.2) is 48.5 Å². The van der Waals surface area contributed by atoms with Crippen molar-refractivity contribution >= 4 is 17.3 Å². The molecule has 1 N–H and O–H groups in total. The van der Waals surface area contributed by atoms with Gasteiger partial charge in [0.25, 0.3) is 0 Å². The first kappa shape index (κ1) is 32.6. The smallest absolute Gasteiger partial charge is 0.416 e. The molecule has 2 aromatic rings. The Morgan fingerprint density at radius 1 is 0.718 bits per heavy atom. The number of benzene rings is 2. The number of alkyl halides is 3.